The third-order valence-corrected chi connectivity index (χ3v) is 3.79. The number of halogens is 1. The normalized spacial score (nSPS) is 21.2. The van der Waals surface area contributed by atoms with Crippen LogP contribution in [0.15, 0.2) is 18.2 Å². The molecule has 1 N–H and O–H groups in total. The molecule has 1 fully saturated rings. The lowest BCUT2D eigenvalue weighted by Crippen LogP contribution is -2.43. The fourth-order valence-electron chi connectivity index (χ4n) is 2.55. The van der Waals surface area contributed by atoms with Gasteiger partial charge in [-0.1, -0.05) is 11.6 Å². The van der Waals surface area contributed by atoms with Crippen LogP contribution in [-0.2, 0) is 9.53 Å². The van der Waals surface area contributed by atoms with Gasteiger partial charge in [0.1, 0.15) is 11.6 Å². The smallest absolute Gasteiger partial charge is 0.311 e. The number of ether oxygens (including phenoxy) is 1. The standard InChI is InChI=1S/C13H15ClN2O5/c1-2-15(12-7-21-6-9(12)13(17)18)11-5-8(14)3-4-10(11)16(19)20/h3-5,9,12H,2,6-7H2,1H3,(H,17,18). The lowest BCUT2D eigenvalue weighted by Gasteiger charge is -2.31. The molecule has 0 amide bonds. The van der Waals surface area contributed by atoms with Gasteiger partial charge in [0.2, 0.25) is 0 Å². The quantitative estimate of drug-likeness (QED) is 0.661. The van der Waals surface area contributed by atoms with Crippen molar-refractivity contribution in [3.8, 4) is 0 Å². The van der Waals surface area contributed by atoms with Crippen molar-refractivity contribution >= 4 is 28.9 Å². The van der Waals surface area contributed by atoms with Crippen molar-refractivity contribution < 1.29 is 19.6 Å². The van der Waals surface area contributed by atoms with Gasteiger partial charge < -0.3 is 14.7 Å². The number of likely N-dealkylation sites (N-methyl/N-ethyl adjacent to an activating group) is 1. The lowest BCUT2D eigenvalue weighted by molar-refractivity contribution is -0.384. The Morgan fingerprint density at radius 1 is 1.57 bits per heavy atom. The van der Waals surface area contributed by atoms with Crippen molar-refractivity contribution in [1.82, 2.24) is 0 Å². The Hall–Kier alpha value is -1.86. The van der Waals surface area contributed by atoms with Crippen molar-refractivity contribution in [2.75, 3.05) is 24.7 Å². The number of hydrogen-bond acceptors (Lipinski definition) is 5. The highest BCUT2D eigenvalue weighted by molar-refractivity contribution is 6.31. The predicted molar refractivity (Wildman–Crippen MR) is 76.9 cm³/mol. The number of carbonyl (C=O) groups is 1. The molecule has 7 nitrogen and oxygen atoms in total. The Morgan fingerprint density at radius 3 is 2.86 bits per heavy atom. The van der Waals surface area contributed by atoms with Crippen LogP contribution >= 0.6 is 11.6 Å². The molecule has 2 unspecified atom stereocenters. The summed E-state index contributed by atoms with van der Waals surface area (Å²) in [5.41, 5.74) is 0.217. The Morgan fingerprint density at radius 2 is 2.29 bits per heavy atom. The van der Waals surface area contributed by atoms with Gasteiger partial charge >= 0.3 is 5.97 Å². The molecule has 0 bridgehead atoms. The minimum atomic E-state index is -0.972. The van der Waals surface area contributed by atoms with Crippen LogP contribution in [0.1, 0.15) is 6.92 Å². The van der Waals surface area contributed by atoms with E-state index in [2.05, 4.69) is 0 Å². The highest BCUT2D eigenvalue weighted by atomic mass is 35.5. The van der Waals surface area contributed by atoms with Crippen molar-refractivity contribution in [1.29, 1.82) is 0 Å². The highest BCUT2D eigenvalue weighted by Gasteiger charge is 2.39. The predicted octanol–water partition coefficient (Wildman–Crippen LogP) is 2.17. The average Bonchev–Trinajstić information content (AvgIpc) is 2.89. The van der Waals surface area contributed by atoms with E-state index in [1.165, 1.54) is 18.2 Å². The Kier molecular flexibility index (Phi) is 4.64. The Labute approximate surface area is 126 Å². The topological polar surface area (TPSA) is 92.9 Å². The summed E-state index contributed by atoms with van der Waals surface area (Å²) >= 11 is 5.93. The van der Waals surface area contributed by atoms with Crippen LogP contribution in [0.4, 0.5) is 11.4 Å². The summed E-state index contributed by atoms with van der Waals surface area (Å²) in [7, 11) is 0. The zero-order valence-corrected chi connectivity index (χ0v) is 12.1. The molecule has 8 heteroatoms. The molecule has 114 valence electrons. The van der Waals surface area contributed by atoms with Crippen LogP contribution in [0.2, 0.25) is 5.02 Å². The van der Waals surface area contributed by atoms with E-state index in [0.29, 0.717) is 17.3 Å². The number of rotatable bonds is 5. The van der Waals surface area contributed by atoms with E-state index >= 15 is 0 Å². The lowest BCUT2D eigenvalue weighted by atomic mass is 10.0. The first kappa shape index (κ1) is 15.5. The van der Waals surface area contributed by atoms with Crippen LogP contribution in [0, 0.1) is 16.0 Å². The number of nitrogens with zero attached hydrogens (tertiary/aromatic N) is 2. The molecule has 1 aliphatic rings. The molecular weight excluding hydrogens is 300 g/mol. The molecule has 21 heavy (non-hydrogen) atoms. The van der Waals surface area contributed by atoms with Crippen molar-refractivity contribution in [2.45, 2.75) is 13.0 Å². The van der Waals surface area contributed by atoms with E-state index in [1.807, 2.05) is 6.92 Å². The summed E-state index contributed by atoms with van der Waals surface area (Å²) in [6.45, 7) is 2.54. The third-order valence-electron chi connectivity index (χ3n) is 3.55. The molecule has 0 spiro atoms. The summed E-state index contributed by atoms with van der Waals surface area (Å²) in [5, 5.41) is 20.8. The largest absolute Gasteiger partial charge is 0.481 e. The Balaban J connectivity index is 2.44. The zero-order valence-electron chi connectivity index (χ0n) is 11.4. The molecule has 0 saturated carbocycles. The van der Waals surface area contributed by atoms with Gasteiger partial charge in [-0.2, -0.15) is 0 Å². The second-order valence-electron chi connectivity index (χ2n) is 4.73. The van der Waals surface area contributed by atoms with Gasteiger partial charge in [0.05, 0.1) is 24.2 Å². The van der Waals surface area contributed by atoms with Crippen LogP contribution in [0.3, 0.4) is 0 Å². The van der Waals surface area contributed by atoms with E-state index in [1.54, 1.807) is 4.90 Å². The van der Waals surface area contributed by atoms with Gasteiger partial charge in [-0.25, -0.2) is 0 Å². The number of nitro groups is 1. The maximum absolute atomic E-state index is 11.3. The number of aliphatic carboxylic acids is 1. The average molecular weight is 315 g/mol. The first-order chi connectivity index (χ1) is 9.95. The van der Waals surface area contributed by atoms with Gasteiger partial charge in [-0.05, 0) is 19.1 Å². The Bertz CT molecular complexity index is 565. The fraction of sp³-hybridized carbons (Fsp3) is 0.462. The molecule has 1 aliphatic heterocycles. The minimum absolute atomic E-state index is 0.0997. The van der Waals surface area contributed by atoms with Gasteiger partial charge in [-0.3, -0.25) is 14.9 Å². The van der Waals surface area contributed by atoms with Gasteiger partial charge in [0.15, 0.2) is 0 Å². The van der Waals surface area contributed by atoms with E-state index in [0.717, 1.165) is 0 Å². The van der Waals surface area contributed by atoms with Crippen LogP contribution in [-0.4, -0.2) is 41.8 Å². The fourth-order valence-corrected chi connectivity index (χ4v) is 2.72. The molecule has 1 saturated heterocycles. The number of anilines is 1. The van der Waals surface area contributed by atoms with Crippen molar-refractivity contribution in [3.63, 3.8) is 0 Å². The molecular formula is C13H15ClN2O5. The molecule has 2 rings (SSSR count). The number of benzene rings is 1. The summed E-state index contributed by atoms with van der Waals surface area (Å²) in [4.78, 5) is 23.6. The number of carboxylic acids is 1. The van der Waals surface area contributed by atoms with Gasteiger partial charge in [-0.15, -0.1) is 0 Å². The molecule has 0 radical (unpaired) electrons. The molecule has 1 aromatic rings. The first-order valence-corrected chi connectivity index (χ1v) is 6.84. The van der Waals surface area contributed by atoms with Crippen LogP contribution < -0.4 is 4.90 Å². The van der Waals surface area contributed by atoms with Crippen LogP contribution in [0.25, 0.3) is 0 Å². The molecule has 1 aromatic carbocycles. The minimum Gasteiger partial charge on any atom is -0.481 e. The zero-order chi connectivity index (χ0) is 15.6. The molecule has 2 atom stereocenters. The van der Waals surface area contributed by atoms with Gasteiger partial charge in [0.25, 0.3) is 5.69 Å². The monoisotopic (exact) mass is 314 g/mol. The van der Waals surface area contributed by atoms with E-state index in [4.69, 9.17) is 16.3 Å². The van der Waals surface area contributed by atoms with Crippen molar-refractivity contribution in [2.24, 2.45) is 5.92 Å². The second kappa shape index (κ2) is 6.28. The summed E-state index contributed by atoms with van der Waals surface area (Å²) in [6.07, 6.45) is 0. The van der Waals surface area contributed by atoms with Crippen LogP contribution in [0.5, 0.6) is 0 Å². The first-order valence-electron chi connectivity index (χ1n) is 6.46. The molecule has 0 aliphatic carbocycles. The maximum atomic E-state index is 11.3. The van der Waals surface area contributed by atoms with E-state index < -0.39 is 22.9 Å². The van der Waals surface area contributed by atoms with E-state index in [9.17, 15) is 20.0 Å². The van der Waals surface area contributed by atoms with Crippen molar-refractivity contribution in [3.05, 3.63) is 33.3 Å². The molecule has 1 heterocycles. The summed E-state index contributed by atoms with van der Waals surface area (Å²) in [6, 6.07) is 3.80. The number of hydrogen-bond donors (Lipinski definition) is 1. The number of carboxylic acid groups (broad SMARTS) is 1. The highest BCUT2D eigenvalue weighted by Crippen LogP contribution is 2.35. The van der Waals surface area contributed by atoms with E-state index in [-0.39, 0.29) is 18.9 Å². The number of nitro benzene ring substituents is 1. The second-order valence-corrected chi connectivity index (χ2v) is 5.16. The molecule has 0 aromatic heterocycles. The summed E-state index contributed by atoms with van der Waals surface area (Å²) in [5.74, 6) is -1.69. The summed E-state index contributed by atoms with van der Waals surface area (Å²) < 4.78 is 5.24. The third kappa shape index (κ3) is 3.08. The SMILES string of the molecule is CCN(c1cc(Cl)ccc1[N+](=O)[O-])C1COCC1C(=O)O. The van der Waals surface area contributed by atoms with Gasteiger partial charge in [0, 0.05) is 17.6 Å². The maximum Gasteiger partial charge on any atom is 0.311 e.